The highest BCUT2D eigenvalue weighted by Gasteiger charge is 2.24. The lowest BCUT2D eigenvalue weighted by molar-refractivity contribution is 0.142. The first-order chi connectivity index (χ1) is 13.0. The molecule has 0 saturated carbocycles. The first-order valence-electron chi connectivity index (χ1n) is 7.27. The molecule has 1 aromatic rings. The third kappa shape index (κ3) is 4.48. The molecule has 138 valence electrons. The fourth-order valence-electron chi connectivity index (χ4n) is 2.01. The van der Waals surface area contributed by atoms with Crippen LogP contribution in [-0.4, -0.2) is 38.6 Å². The summed E-state index contributed by atoms with van der Waals surface area (Å²) in [6.07, 6.45) is 0. The Labute approximate surface area is 152 Å². The van der Waals surface area contributed by atoms with Gasteiger partial charge in [-0.2, -0.15) is 21.0 Å². The molecule has 1 aromatic carbocycles. The molecule has 8 nitrogen and oxygen atoms in total. The lowest BCUT2D eigenvalue weighted by atomic mass is 10.1. The van der Waals surface area contributed by atoms with Crippen LogP contribution in [0.25, 0.3) is 11.1 Å². The van der Waals surface area contributed by atoms with Gasteiger partial charge in [-0.1, -0.05) is 0 Å². The van der Waals surface area contributed by atoms with E-state index in [2.05, 4.69) is 0 Å². The Balaban J connectivity index is 4.18. The zero-order valence-corrected chi connectivity index (χ0v) is 14.0. The highest BCUT2D eigenvalue weighted by Crippen LogP contribution is 2.19. The van der Waals surface area contributed by atoms with Crippen molar-refractivity contribution in [2.45, 2.75) is 0 Å². The molecular weight excluding hydrogens is 362 g/mol. The smallest absolute Gasteiger partial charge is 0.179 e. The predicted molar refractivity (Wildman–Crippen MR) is 84.8 cm³/mol. The van der Waals surface area contributed by atoms with Crippen LogP contribution in [0.1, 0.15) is 0 Å². The van der Waals surface area contributed by atoms with Crippen molar-refractivity contribution in [1.29, 1.82) is 21.0 Å². The van der Waals surface area contributed by atoms with Gasteiger partial charge in [-0.05, 0) is 0 Å². The SMILES string of the molecule is COCCOc1c(F)c(=C(C#N)C#N)c(OCCO)c(F)c1=C(C#N)C#N. The number of nitrogens with zero attached hydrogens (tertiary/aromatic N) is 4. The van der Waals surface area contributed by atoms with E-state index in [0.29, 0.717) is 0 Å². The van der Waals surface area contributed by atoms with E-state index in [1.807, 2.05) is 0 Å². The lowest BCUT2D eigenvalue weighted by Gasteiger charge is -2.14. The first kappa shape index (κ1) is 21.3. The van der Waals surface area contributed by atoms with Crippen molar-refractivity contribution in [3.63, 3.8) is 0 Å². The Bertz CT molecular complexity index is 979. The van der Waals surface area contributed by atoms with Crippen LogP contribution in [0, 0.1) is 57.0 Å². The summed E-state index contributed by atoms with van der Waals surface area (Å²) in [4.78, 5) is 0. The maximum Gasteiger partial charge on any atom is 0.179 e. The average molecular weight is 374 g/mol. The summed E-state index contributed by atoms with van der Waals surface area (Å²) in [5.41, 5.74) is -1.63. The van der Waals surface area contributed by atoms with Crippen molar-refractivity contribution in [3.05, 3.63) is 22.1 Å². The number of hydrogen-bond donors (Lipinski definition) is 1. The fraction of sp³-hybridized carbons (Fsp3) is 0.294. The number of benzene rings is 1. The molecule has 0 aliphatic heterocycles. The monoisotopic (exact) mass is 374 g/mol. The fourth-order valence-corrected chi connectivity index (χ4v) is 2.01. The van der Waals surface area contributed by atoms with E-state index in [4.69, 9.17) is 40.4 Å². The molecule has 0 unspecified atom stereocenters. The number of ether oxygens (including phenoxy) is 3. The summed E-state index contributed by atoms with van der Waals surface area (Å²) in [6.45, 7) is -1.37. The largest absolute Gasteiger partial charge is 0.487 e. The van der Waals surface area contributed by atoms with Gasteiger partial charge in [-0.15, -0.1) is 0 Å². The molecule has 0 aliphatic rings. The van der Waals surface area contributed by atoms with Crippen LogP contribution in [0.15, 0.2) is 0 Å². The lowest BCUT2D eigenvalue weighted by Crippen LogP contribution is -2.29. The van der Waals surface area contributed by atoms with Crippen molar-refractivity contribution >= 4 is 11.1 Å². The van der Waals surface area contributed by atoms with Gasteiger partial charge < -0.3 is 19.3 Å². The van der Waals surface area contributed by atoms with Gasteiger partial charge in [-0.25, -0.2) is 8.78 Å². The van der Waals surface area contributed by atoms with E-state index in [0.717, 1.165) is 0 Å². The quantitative estimate of drug-likeness (QED) is 0.644. The number of aliphatic hydroxyl groups excluding tert-OH is 1. The second kappa shape index (κ2) is 10.3. The summed E-state index contributed by atoms with van der Waals surface area (Å²) < 4.78 is 44.9. The van der Waals surface area contributed by atoms with Crippen LogP contribution in [0.2, 0.25) is 0 Å². The van der Waals surface area contributed by atoms with Gasteiger partial charge in [0.25, 0.3) is 0 Å². The molecule has 0 saturated heterocycles. The van der Waals surface area contributed by atoms with Crippen molar-refractivity contribution in [1.82, 2.24) is 0 Å². The average Bonchev–Trinajstić information content (AvgIpc) is 2.68. The number of methoxy groups -OCH3 is 1. The molecule has 0 aliphatic carbocycles. The number of nitriles is 4. The zero-order chi connectivity index (χ0) is 20.4. The molecule has 0 amide bonds. The molecule has 0 aromatic heterocycles. The van der Waals surface area contributed by atoms with E-state index in [1.165, 1.54) is 31.4 Å². The Morgan fingerprint density at radius 1 is 0.815 bits per heavy atom. The second-order valence-corrected chi connectivity index (χ2v) is 4.65. The van der Waals surface area contributed by atoms with E-state index < -0.39 is 57.9 Å². The van der Waals surface area contributed by atoms with Gasteiger partial charge in [0.05, 0.1) is 23.7 Å². The molecule has 0 bridgehead atoms. The van der Waals surface area contributed by atoms with E-state index in [1.54, 1.807) is 0 Å². The van der Waals surface area contributed by atoms with Crippen molar-refractivity contribution in [2.75, 3.05) is 33.5 Å². The highest BCUT2D eigenvalue weighted by molar-refractivity contribution is 5.77. The summed E-state index contributed by atoms with van der Waals surface area (Å²) in [5.74, 6) is -4.47. The second-order valence-electron chi connectivity index (χ2n) is 4.65. The third-order valence-electron chi connectivity index (χ3n) is 3.11. The molecule has 10 heteroatoms. The number of rotatable bonds is 7. The molecule has 1 N–H and O–H groups in total. The summed E-state index contributed by atoms with van der Waals surface area (Å²) in [7, 11) is 1.33. The first-order valence-corrected chi connectivity index (χ1v) is 7.27. The maximum atomic E-state index is 15.1. The minimum atomic E-state index is -1.38. The molecule has 0 radical (unpaired) electrons. The molecule has 0 atom stereocenters. The van der Waals surface area contributed by atoms with Gasteiger partial charge in [0.2, 0.25) is 0 Å². The topological polar surface area (TPSA) is 143 Å². The summed E-state index contributed by atoms with van der Waals surface area (Å²) in [6, 6.07) is 5.67. The maximum absolute atomic E-state index is 15.1. The predicted octanol–water partition coefficient (Wildman–Crippen LogP) is -0.243. The molecule has 0 fully saturated rings. The van der Waals surface area contributed by atoms with Crippen LogP contribution in [0.3, 0.4) is 0 Å². The molecule has 27 heavy (non-hydrogen) atoms. The Morgan fingerprint density at radius 2 is 1.22 bits per heavy atom. The minimum Gasteiger partial charge on any atom is -0.487 e. The molecule has 0 heterocycles. The number of aliphatic hydroxyl groups is 1. The van der Waals surface area contributed by atoms with Crippen LogP contribution in [-0.2, 0) is 4.74 Å². The number of halogens is 2. The number of hydrogen-bond acceptors (Lipinski definition) is 8. The highest BCUT2D eigenvalue weighted by atomic mass is 19.1. The summed E-state index contributed by atoms with van der Waals surface area (Å²) in [5, 5.41) is 43.4. The van der Waals surface area contributed by atoms with Gasteiger partial charge in [-0.3, -0.25) is 0 Å². The van der Waals surface area contributed by atoms with E-state index in [9.17, 15) is 0 Å². The van der Waals surface area contributed by atoms with Crippen molar-refractivity contribution < 1.29 is 28.1 Å². The standard InChI is InChI=1S/C17H12F2N4O4/c1-25-4-5-27-17-13(11(8-22)9-23)14(18)16(26-3-2-24)12(15(17)19)10(6-20)7-21/h24H,2-5H2,1H3. The Hall–Kier alpha value is -3.70. The van der Waals surface area contributed by atoms with Gasteiger partial charge in [0.15, 0.2) is 23.1 Å². The van der Waals surface area contributed by atoms with Gasteiger partial charge in [0.1, 0.15) is 48.6 Å². The van der Waals surface area contributed by atoms with Gasteiger partial charge >= 0.3 is 0 Å². The minimum absolute atomic E-state index is 0.0277. The zero-order valence-electron chi connectivity index (χ0n) is 14.0. The van der Waals surface area contributed by atoms with Crippen LogP contribution in [0.4, 0.5) is 8.78 Å². The Kier molecular flexibility index (Phi) is 8.16. The molecule has 0 spiro atoms. The van der Waals surface area contributed by atoms with E-state index >= 15 is 8.78 Å². The van der Waals surface area contributed by atoms with E-state index in [-0.39, 0.29) is 13.2 Å². The summed E-state index contributed by atoms with van der Waals surface area (Å²) >= 11 is 0. The molecule has 1 rings (SSSR count). The van der Waals surface area contributed by atoms with Crippen LogP contribution >= 0.6 is 0 Å². The van der Waals surface area contributed by atoms with Gasteiger partial charge in [0, 0.05) is 7.11 Å². The van der Waals surface area contributed by atoms with Crippen molar-refractivity contribution in [3.8, 4) is 35.8 Å². The van der Waals surface area contributed by atoms with Crippen LogP contribution in [0.5, 0.6) is 11.5 Å². The molecular formula is C17H12F2N4O4. The normalized spacial score (nSPS) is 9.33. The van der Waals surface area contributed by atoms with Crippen LogP contribution < -0.4 is 19.9 Å². The Morgan fingerprint density at radius 3 is 1.56 bits per heavy atom. The van der Waals surface area contributed by atoms with Crippen molar-refractivity contribution in [2.24, 2.45) is 0 Å². The third-order valence-corrected chi connectivity index (χ3v) is 3.11.